The second-order valence-electron chi connectivity index (χ2n) is 2.72. The Balaban J connectivity index is 2.61. The summed E-state index contributed by atoms with van der Waals surface area (Å²) in [5.41, 5.74) is 7.39. The Morgan fingerprint density at radius 3 is 3.15 bits per heavy atom. The molecular formula is C9H11N3O. The molecule has 0 aliphatic rings. The number of nitrogens with two attached hydrogens (primary N) is 1. The summed E-state index contributed by atoms with van der Waals surface area (Å²) < 4.78 is 0. The summed E-state index contributed by atoms with van der Waals surface area (Å²) in [6.07, 6.45) is 1.71. The summed E-state index contributed by atoms with van der Waals surface area (Å²) in [6, 6.07) is 5.66. The fourth-order valence-electron chi connectivity index (χ4n) is 1.28. The minimum absolute atomic E-state index is 0.589. The Hall–Kier alpha value is -1.71. The zero-order valence-corrected chi connectivity index (χ0v) is 7.40. The monoisotopic (exact) mass is 177 g/mol. The van der Waals surface area contributed by atoms with Gasteiger partial charge in [-0.15, -0.1) is 5.10 Å². The SMILES string of the molecule is CCOn1ncc2c(N)cccc21. The van der Waals surface area contributed by atoms with Crippen molar-refractivity contribution in [1.29, 1.82) is 0 Å². The Labute approximate surface area is 75.9 Å². The van der Waals surface area contributed by atoms with Crippen LogP contribution in [0, 0.1) is 0 Å². The van der Waals surface area contributed by atoms with Gasteiger partial charge in [0.25, 0.3) is 0 Å². The number of anilines is 1. The lowest BCUT2D eigenvalue weighted by molar-refractivity contribution is 0.103. The Morgan fingerprint density at radius 1 is 1.54 bits per heavy atom. The first-order valence-electron chi connectivity index (χ1n) is 4.18. The van der Waals surface area contributed by atoms with E-state index in [0.29, 0.717) is 6.61 Å². The molecule has 0 unspecified atom stereocenters. The van der Waals surface area contributed by atoms with Gasteiger partial charge in [0.1, 0.15) is 12.1 Å². The van der Waals surface area contributed by atoms with Crippen LogP contribution in [0.3, 0.4) is 0 Å². The molecule has 2 rings (SSSR count). The van der Waals surface area contributed by atoms with Crippen molar-refractivity contribution in [2.45, 2.75) is 6.92 Å². The summed E-state index contributed by atoms with van der Waals surface area (Å²) >= 11 is 0. The minimum Gasteiger partial charge on any atom is -0.398 e. The zero-order chi connectivity index (χ0) is 9.26. The molecule has 0 saturated heterocycles. The molecule has 0 saturated carbocycles. The van der Waals surface area contributed by atoms with Crippen LogP contribution in [0.4, 0.5) is 5.69 Å². The fraction of sp³-hybridized carbons (Fsp3) is 0.222. The quantitative estimate of drug-likeness (QED) is 0.698. The molecule has 1 aromatic carbocycles. The second-order valence-corrected chi connectivity index (χ2v) is 2.72. The van der Waals surface area contributed by atoms with Crippen molar-refractivity contribution in [3.63, 3.8) is 0 Å². The van der Waals surface area contributed by atoms with Crippen molar-refractivity contribution in [2.75, 3.05) is 12.3 Å². The summed E-state index contributed by atoms with van der Waals surface area (Å²) in [5.74, 6) is 0. The molecule has 0 aliphatic carbocycles. The molecule has 2 aromatic rings. The second kappa shape index (κ2) is 2.97. The number of aromatic nitrogens is 2. The highest BCUT2D eigenvalue weighted by atomic mass is 16.7. The third-order valence-electron chi connectivity index (χ3n) is 1.87. The highest BCUT2D eigenvalue weighted by Gasteiger charge is 2.03. The highest BCUT2D eigenvalue weighted by Crippen LogP contribution is 2.18. The molecule has 68 valence electrons. The van der Waals surface area contributed by atoms with Crippen LogP contribution in [-0.2, 0) is 0 Å². The van der Waals surface area contributed by atoms with Crippen LogP contribution < -0.4 is 10.6 Å². The van der Waals surface area contributed by atoms with Gasteiger partial charge in [0, 0.05) is 11.1 Å². The first kappa shape index (κ1) is 7.91. The van der Waals surface area contributed by atoms with E-state index in [9.17, 15) is 0 Å². The van der Waals surface area contributed by atoms with Crippen molar-refractivity contribution in [3.8, 4) is 0 Å². The minimum atomic E-state index is 0.589. The normalized spacial score (nSPS) is 10.5. The Morgan fingerprint density at radius 2 is 2.38 bits per heavy atom. The van der Waals surface area contributed by atoms with Crippen LogP contribution in [0.1, 0.15) is 6.92 Å². The number of nitrogens with zero attached hydrogens (tertiary/aromatic N) is 2. The third-order valence-corrected chi connectivity index (χ3v) is 1.87. The third kappa shape index (κ3) is 1.20. The largest absolute Gasteiger partial charge is 0.398 e. The van der Waals surface area contributed by atoms with Crippen molar-refractivity contribution >= 4 is 16.6 Å². The van der Waals surface area contributed by atoms with Crippen molar-refractivity contribution < 1.29 is 4.84 Å². The molecule has 13 heavy (non-hydrogen) atoms. The number of fused-ring (bicyclic) bond motifs is 1. The fourth-order valence-corrected chi connectivity index (χ4v) is 1.28. The molecule has 4 heteroatoms. The van der Waals surface area contributed by atoms with Crippen LogP contribution in [0.2, 0.25) is 0 Å². The molecule has 0 bridgehead atoms. The van der Waals surface area contributed by atoms with E-state index in [-0.39, 0.29) is 0 Å². The van der Waals surface area contributed by atoms with E-state index in [1.165, 1.54) is 4.85 Å². The molecule has 4 nitrogen and oxygen atoms in total. The maximum atomic E-state index is 5.76. The standard InChI is InChI=1S/C9H11N3O/c1-2-13-12-9-5-3-4-8(10)7(9)6-11-12/h3-6H,2,10H2,1H3. The van der Waals surface area contributed by atoms with E-state index in [1.54, 1.807) is 6.20 Å². The predicted molar refractivity (Wildman–Crippen MR) is 51.3 cm³/mol. The van der Waals surface area contributed by atoms with Crippen molar-refractivity contribution in [3.05, 3.63) is 24.4 Å². The molecule has 0 radical (unpaired) electrons. The molecule has 0 atom stereocenters. The maximum absolute atomic E-state index is 5.76. The molecular weight excluding hydrogens is 166 g/mol. The molecule has 0 amide bonds. The van der Waals surface area contributed by atoms with E-state index in [2.05, 4.69) is 5.10 Å². The molecule has 1 heterocycles. The Kier molecular flexibility index (Phi) is 1.81. The number of hydrogen-bond acceptors (Lipinski definition) is 3. The summed E-state index contributed by atoms with van der Waals surface area (Å²) in [4.78, 5) is 6.76. The van der Waals surface area contributed by atoms with Gasteiger partial charge in [-0.1, -0.05) is 10.9 Å². The van der Waals surface area contributed by atoms with Gasteiger partial charge in [-0.05, 0) is 19.1 Å². The van der Waals surface area contributed by atoms with Gasteiger partial charge in [-0.25, -0.2) is 0 Å². The number of benzene rings is 1. The molecule has 2 N–H and O–H groups in total. The first-order valence-corrected chi connectivity index (χ1v) is 4.18. The molecule has 0 spiro atoms. The van der Waals surface area contributed by atoms with Gasteiger partial charge in [0.2, 0.25) is 0 Å². The van der Waals surface area contributed by atoms with E-state index in [1.807, 2.05) is 25.1 Å². The smallest absolute Gasteiger partial charge is 0.114 e. The van der Waals surface area contributed by atoms with E-state index in [0.717, 1.165) is 16.6 Å². The van der Waals surface area contributed by atoms with E-state index in [4.69, 9.17) is 10.6 Å². The van der Waals surface area contributed by atoms with Gasteiger partial charge in [-0.2, -0.15) is 0 Å². The average molecular weight is 177 g/mol. The lowest BCUT2D eigenvalue weighted by Gasteiger charge is -2.02. The van der Waals surface area contributed by atoms with Crippen molar-refractivity contribution in [1.82, 2.24) is 9.94 Å². The highest BCUT2D eigenvalue weighted by molar-refractivity contribution is 5.89. The van der Waals surface area contributed by atoms with E-state index >= 15 is 0 Å². The van der Waals surface area contributed by atoms with Crippen LogP contribution in [0.15, 0.2) is 24.4 Å². The van der Waals surface area contributed by atoms with Gasteiger partial charge in [0.15, 0.2) is 0 Å². The van der Waals surface area contributed by atoms with Crippen molar-refractivity contribution in [2.24, 2.45) is 0 Å². The van der Waals surface area contributed by atoms with Gasteiger partial charge in [-0.3, -0.25) is 0 Å². The predicted octanol–water partition coefficient (Wildman–Crippen LogP) is 1.07. The van der Waals surface area contributed by atoms with Crippen LogP contribution in [0.5, 0.6) is 0 Å². The number of nitrogen functional groups attached to an aromatic ring is 1. The average Bonchev–Trinajstić information content (AvgIpc) is 2.51. The summed E-state index contributed by atoms with van der Waals surface area (Å²) in [7, 11) is 0. The topological polar surface area (TPSA) is 53.1 Å². The maximum Gasteiger partial charge on any atom is 0.114 e. The van der Waals surface area contributed by atoms with Crippen LogP contribution in [-0.4, -0.2) is 16.6 Å². The van der Waals surface area contributed by atoms with Crippen LogP contribution >= 0.6 is 0 Å². The molecule has 0 fully saturated rings. The van der Waals surface area contributed by atoms with Crippen LogP contribution in [0.25, 0.3) is 10.9 Å². The lowest BCUT2D eigenvalue weighted by Crippen LogP contribution is -2.11. The summed E-state index contributed by atoms with van der Waals surface area (Å²) in [5, 5.41) is 4.99. The summed E-state index contributed by atoms with van der Waals surface area (Å²) in [6.45, 7) is 2.51. The van der Waals surface area contributed by atoms with Gasteiger partial charge in [0.05, 0.1) is 6.20 Å². The van der Waals surface area contributed by atoms with Gasteiger partial charge < -0.3 is 10.6 Å². The Bertz CT molecular complexity index is 422. The number of rotatable bonds is 2. The van der Waals surface area contributed by atoms with Gasteiger partial charge >= 0.3 is 0 Å². The molecule has 0 aliphatic heterocycles. The molecule has 1 aromatic heterocycles. The number of hydrogen-bond donors (Lipinski definition) is 1. The lowest BCUT2D eigenvalue weighted by atomic mass is 10.2. The van der Waals surface area contributed by atoms with E-state index < -0.39 is 0 Å². The zero-order valence-electron chi connectivity index (χ0n) is 7.40. The first-order chi connectivity index (χ1) is 6.33.